The molecule has 0 spiro atoms. The molecule has 0 bridgehead atoms. The SMILES string of the molecule is NS(=O)(=O)c1ccc(C2=CCC=C2CCc2ccc(F)nc2)cc1. The van der Waals surface area contributed by atoms with Crippen LogP contribution in [-0.4, -0.2) is 13.4 Å². The molecule has 124 valence electrons. The largest absolute Gasteiger partial charge is 0.238 e. The third kappa shape index (κ3) is 3.77. The predicted octanol–water partition coefficient (Wildman–Crippen LogP) is 3.21. The second-order valence-corrected chi connectivity index (χ2v) is 7.20. The summed E-state index contributed by atoms with van der Waals surface area (Å²) in [5, 5.41) is 5.12. The molecule has 0 fully saturated rings. The lowest BCUT2D eigenvalue weighted by atomic mass is 9.96. The van der Waals surface area contributed by atoms with Crippen molar-refractivity contribution in [2.75, 3.05) is 0 Å². The maximum atomic E-state index is 12.8. The second-order valence-electron chi connectivity index (χ2n) is 5.64. The van der Waals surface area contributed by atoms with Crippen LogP contribution in [0.25, 0.3) is 5.57 Å². The van der Waals surface area contributed by atoms with Crippen LogP contribution in [0.1, 0.15) is 24.0 Å². The van der Waals surface area contributed by atoms with Crippen LogP contribution >= 0.6 is 0 Å². The van der Waals surface area contributed by atoms with E-state index >= 15 is 0 Å². The van der Waals surface area contributed by atoms with E-state index in [1.54, 1.807) is 24.4 Å². The van der Waals surface area contributed by atoms with E-state index in [1.165, 1.54) is 23.8 Å². The van der Waals surface area contributed by atoms with Crippen LogP contribution in [0.15, 0.2) is 65.2 Å². The summed E-state index contributed by atoms with van der Waals surface area (Å²) in [5.74, 6) is -0.477. The zero-order chi connectivity index (χ0) is 17.2. The average molecular weight is 344 g/mol. The zero-order valence-corrected chi connectivity index (χ0v) is 13.8. The number of hydrogen-bond acceptors (Lipinski definition) is 3. The van der Waals surface area contributed by atoms with E-state index in [9.17, 15) is 12.8 Å². The predicted molar refractivity (Wildman–Crippen MR) is 91.0 cm³/mol. The fourth-order valence-corrected chi connectivity index (χ4v) is 3.27. The molecular formula is C18H17FN2O2S. The number of rotatable bonds is 5. The number of allylic oxidation sites excluding steroid dienone is 4. The summed E-state index contributed by atoms with van der Waals surface area (Å²) in [5.41, 5.74) is 4.24. The van der Waals surface area contributed by atoms with E-state index in [2.05, 4.69) is 17.1 Å². The molecule has 0 saturated carbocycles. The summed E-state index contributed by atoms with van der Waals surface area (Å²) in [6.45, 7) is 0. The fourth-order valence-electron chi connectivity index (χ4n) is 2.76. The average Bonchev–Trinajstić information content (AvgIpc) is 3.02. The molecule has 1 aliphatic rings. The molecule has 1 aliphatic carbocycles. The van der Waals surface area contributed by atoms with Crippen LogP contribution in [0.2, 0.25) is 0 Å². The van der Waals surface area contributed by atoms with Crippen molar-refractivity contribution in [3.8, 4) is 0 Å². The highest BCUT2D eigenvalue weighted by atomic mass is 32.2. The first-order valence-electron chi connectivity index (χ1n) is 7.57. The van der Waals surface area contributed by atoms with E-state index in [0.29, 0.717) is 0 Å². The third-order valence-corrected chi connectivity index (χ3v) is 4.93. The van der Waals surface area contributed by atoms with Gasteiger partial charge in [-0.15, -0.1) is 0 Å². The number of pyridine rings is 1. The highest BCUT2D eigenvalue weighted by Crippen LogP contribution is 2.32. The van der Waals surface area contributed by atoms with Gasteiger partial charge in [0.25, 0.3) is 0 Å². The summed E-state index contributed by atoms with van der Waals surface area (Å²) >= 11 is 0. The topological polar surface area (TPSA) is 73.1 Å². The Morgan fingerprint density at radius 3 is 2.42 bits per heavy atom. The highest BCUT2D eigenvalue weighted by Gasteiger charge is 2.14. The van der Waals surface area contributed by atoms with E-state index in [1.807, 2.05) is 0 Å². The quantitative estimate of drug-likeness (QED) is 0.847. The van der Waals surface area contributed by atoms with Crippen LogP contribution in [0.3, 0.4) is 0 Å². The number of primary sulfonamides is 1. The molecule has 0 saturated heterocycles. The van der Waals surface area contributed by atoms with Crippen molar-refractivity contribution >= 4 is 15.6 Å². The van der Waals surface area contributed by atoms with Crippen molar-refractivity contribution in [1.29, 1.82) is 0 Å². The molecular weight excluding hydrogens is 327 g/mol. The number of halogens is 1. The normalized spacial score (nSPS) is 14.4. The second kappa shape index (κ2) is 6.67. The van der Waals surface area contributed by atoms with Gasteiger partial charge in [-0.3, -0.25) is 0 Å². The molecule has 0 radical (unpaired) electrons. The van der Waals surface area contributed by atoms with E-state index < -0.39 is 16.0 Å². The number of hydrogen-bond donors (Lipinski definition) is 1. The van der Waals surface area contributed by atoms with Gasteiger partial charge >= 0.3 is 0 Å². The van der Waals surface area contributed by atoms with Gasteiger partial charge in [-0.05, 0) is 59.7 Å². The molecule has 0 amide bonds. The Balaban J connectivity index is 1.72. The Hall–Kier alpha value is -2.31. The molecule has 3 rings (SSSR count). The first-order valence-corrected chi connectivity index (χ1v) is 9.11. The first kappa shape index (κ1) is 16.5. The van der Waals surface area contributed by atoms with Crippen LogP contribution in [0, 0.1) is 5.95 Å². The Bertz CT molecular complexity index is 899. The van der Waals surface area contributed by atoms with Gasteiger partial charge in [0.15, 0.2) is 0 Å². The maximum Gasteiger partial charge on any atom is 0.238 e. The van der Waals surface area contributed by atoms with Gasteiger partial charge < -0.3 is 0 Å². The van der Waals surface area contributed by atoms with Crippen LogP contribution < -0.4 is 5.14 Å². The van der Waals surface area contributed by atoms with Crippen molar-refractivity contribution < 1.29 is 12.8 Å². The first-order chi connectivity index (χ1) is 11.4. The lowest BCUT2D eigenvalue weighted by molar-refractivity contribution is 0.582. The molecule has 24 heavy (non-hydrogen) atoms. The van der Waals surface area contributed by atoms with Crippen LogP contribution in [0.4, 0.5) is 4.39 Å². The molecule has 6 heteroatoms. The number of aromatic nitrogens is 1. The molecule has 2 aromatic rings. The number of aryl methyl sites for hydroxylation is 1. The Kier molecular flexibility index (Phi) is 4.59. The number of sulfonamides is 1. The highest BCUT2D eigenvalue weighted by molar-refractivity contribution is 7.89. The van der Waals surface area contributed by atoms with Crippen molar-refractivity contribution in [2.24, 2.45) is 5.14 Å². The maximum absolute atomic E-state index is 12.8. The lowest BCUT2D eigenvalue weighted by Crippen LogP contribution is -2.11. The molecule has 0 atom stereocenters. The minimum Gasteiger partial charge on any atom is -0.228 e. The molecule has 1 aromatic carbocycles. The Labute approximate surface area is 140 Å². The molecule has 1 aromatic heterocycles. The van der Waals surface area contributed by atoms with E-state index in [0.717, 1.165) is 36.0 Å². The molecule has 0 unspecified atom stereocenters. The minimum absolute atomic E-state index is 0.104. The third-order valence-electron chi connectivity index (χ3n) is 4.00. The van der Waals surface area contributed by atoms with Crippen molar-refractivity contribution in [3.05, 3.63) is 77.4 Å². The monoisotopic (exact) mass is 344 g/mol. The molecule has 4 nitrogen and oxygen atoms in total. The van der Waals surface area contributed by atoms with Crippen molar-refractivity contribution in [2.45, 2.75) is 24.2 Å². The van der Waals surface area contributed by atoms with Crippen LogP contribution in [0.5, 0.6) is 0 Å². The Morgan fingerprint density at radius 2 is 1.79 bits per heavy atom. The molecule has 0 aliphatic heterocycles. The molecule has 1 heterocycles. The number of nitrogens with two attached hydrogens (primary N) is 1. The van der Waals surface area contributed by atoms with Crippen LogP contribution in [-0.2, 0) is 16.4 Å². The van der Waals surface area contributed by atoms with Crippen molar-refractivity contribution in [1.82, 2.24) is 4.98 Å². The zero-order valence-electron chi connectivity index (χ0n) is 12.9. The van der Waals surface area contributed by atoms with Gasteiger partial charge in [0.05, 0.1) is 4.90 Å². The van der Waals surface area contributed by atoms with Gasteiger partial charge in [-0.2, -0.15) is 4.39 Å². The van der Waals surface area contributed by atoms with Gasteiger partial charge in [0.2, 0.25) is 16.0 Å². The molecule has 2 N–H and O–H groups in total. The Morgan fingerprint density at radius 1 is 1.04 bits per heavy atom. The number of benzene rings is 1. The standard InChI is InChI=1S/C18H17FN2O2S/c19-18-11-5-13(12-21-18)4-6-14-2-1-3-17(14)15-7-9-16(10-8-15)24(20,22)23/h2-3,5,7-12H,1,4,6H2,(H2,20,22,23). The summed E-state index contributed by atoms with van der Waals surface area (Å²) < 4.78 is 35.5. The van der Waals surface area contributed by atoms with Crippen molar-refractivity contribution in [3.63, 3.8) is 0 Å². The summed E-state index contributed by atoms with van der Waals surface area (Å²) in [6.07, 6.45) is 8.25. The van der Waals surface area contributed by atoms with E-state index in [4.69, 9.17) is 5.14 Å². The minimum atomic E-state index is -3.68. The van der Waals surface area contributed by atoms with Gasteiger partial charge in [0, 0.05) is 6.20 Å². The summed E-state index contributed by atoms with van der Waals surface area (Å²) in [4.78, 5) is 3.77. The summed E-state index contributed by atoms with van der Waals surface area (Å²) in [7, 11) is -3.68. The van der Waals surface area contributed by atoms with Gasteiger partial charge in [-0.1, -0.05) is 30.4 Å². The smallest absolute Gasteiger partial charge is 0.228 e. The van der Waals surface area contributed by atoms with Gasteiger partial charge in [0.1, 0.15) is 0 Å². The van der Waals surface area contributed by atoms with E-state index in [-0.39, 0.29) is 4.90 Å². The van der Waals surface area contributed by atoms with Gasteiger partial charge in [-0.25, -0.2) is 18.5 Å². The number of nitrogens with zero attached hydrogens (tertiary/aromatic N) is 1. The fraction of sp³-hybridized carbons (Fsp3) is 0.167. The lowest BCUT2D eigenvalue weighted by Gasteiger charge is -2.10. The summed E-state index contributed by atoms with van der Waals surface area (Å²) in [6, 6.07) is 9.67.